The number of methoxy groups -OCH3 is 1. The highest BCUT2D eigenvalue weighted by Crippen LogP contribution is 2.29. The van der Waals surface area contributed by atoms with Crippen LogP contribution in [0.3, 0.4) is 0 Å². The Balaban J connectivity index is 2.74. The van der Waals surface area contributed by atoms with Gasteiger partial charge in [0.15, 0.2) is 0 Å². The Kier molecular flexibility index (Phi) is 3.07. The van der Waals surface area contributed by atoms with E-state index in [4.69, 9.17) is 0 Å². The highest BCUT2D eigenvalue weighted by molar-refractivity contribution is 7.22. The van der Waals surface area contributed by atoms with Crippen LogP contribution in [0.1, 0.15) is 25.7 Å². The van der Waals surface area contributed by atoms with Crippen LogP contribution < -0.4 is 0 Å². The lowest BCUT2D eigenvalue weighted by atomic mass is 9.99. The van der Waals surface area contributed by atoms with Gasteiger partial charge in [-0.15, -0.1) is 9.24 Å². The van der Waals surface area contributed by atoms with Crippen LogP contribution in [0.5, 0.6) is 0 Å². The molecule has 1 aliphatic rings. The Bertz CT molecular complexity index is 196. The van der Waals surface area contributed by atoms with Crippen molar-refractivity contribution in [2.24, 2.45) is 0 Å². The van der Waals surface area contributed by atoms with Gasteiger partial charge in [0.2, 0.25) is 0 Å². The number of allylic oxidation sites excluding steroid dienone is 1. The van der Waals surface area contributed by atoms with Crippen molar-refractivity contribution in [2.75, 3.05) is 7.11 Å². The molecule has 0 amide bonds. The van der Waals surface area contributed by atoms with Gasteiger partial charge in [0.05, 0.1) is 7.11 Å². The molecule has 0 radical (unpaired) electrons. The second-order valence-corrected chi connectivity index (χ2v) is 3.40. The summed E-state index contributed by atoms with van der Waals surface area (Å²) in [4.78, 5) is 11.1. The molecule has 62 valence electrons. The molecule has 0 aliphatic heterocycles. The molecule has 1 aliphatic carbocycles. The second kappa shape index (κ2) is 3.87. The zero-order chi connectivity index (χ0) is 8.27. The van der Waals surface area contributed by atoms with E-state index < -0.39 is 0 Å². The van der Waals surface area contributed by atoms with Crippen molar-refractivity contribution in [3.05, 3.63) is 10.9 Å². The number of carbonyl (C=O) groups excluding carboxylic acids is 1. The fraction of sp³-hybridized carbons (Fsp3) is 0.625. The topological polar surface area (TPSA) is 26.3 Å². The van der Waals surface area contributed by atoms with Crippen molar-refractivity contribution in [3.8, 4) is 0 Å². The minimum atomic E-state index is -0.158. The van der Waals surface area contributed by atoms with Crippen molar-refractivity contribution in [2.45, 2.75) is 25.7 Å². The van der Waals surface area contributed by atoms with E-state index in [2.05, 4.69) is 14.0 Å². The van der Waals surface area contributed by atoms with E-state index >= 15 is 0 Å². The van der Waals surface area contributed by atoms with E-state index in [-0.39, 0.29) is 5.97 Å². The molecule has 0 spiro atoms. The molecule has 2 nitrogen and oxygen atoms in total. The lowest BCUT2D eigenvalue weighted by Gasteiger charge is -2.14. The first-order valence-corrected chi connectivity index (χ1v) is 4.39. The molecule has 0 N–H and O–H groups in total. The fourth-order valence-corrected chi connectivity index (χ4v) is 1.75. The third-order valence-corrected chi connectivity index (χ3v) is 2.58. The molecule has 1 rings (SSSR count). The van der Waals surface area contributed by atoms with E-state index in [1.807, 2.05) is 0 Å². The molecule has 11 heavy (non-hydrogen) atoms. The van der Waals surface area contributed by atoms with Crippen LogP contribution in [-0.2, 0) is 9.53 Å². The number of carbonyl (C=O) groups is 1. The van der Waals surface area contributed by atoms with Gasteiger partial charge >= 0.3 is 5.97 Å². The number of esters is 1. The van der Waals surface area contributed by atoms with Crippen LogP contribution >= 0.6 is 9.24 Å². The first kappa shape index (κ1) is 8.73. The van der Waals surface area contributed by atoms with E-state index in [1.165, 1.54) is 13.5 Å². The highest BCUT2D eigenvalue weighted by atomic mass is 31.0. The third-order valence-electron chi connectivity index (χ3n) is 1.94. The van der Waals surface area contributed by atoms with E-state index in [0.717, 1.165) is 30.1 Å². The Morgan fingerprint density at radius 2 is 2.09 bits per heavy atom. The molecule has 0 heterocycles. The van der Waals surface area contributed by atoms with Crippen molar-refractivity contribution in [1.29, 1.82) is 0 Å². The molecule has 1 unspecified atom stereocenters. The summed E-state index contributed by atoms with van der Waals surface area (Å²) in [6.07, 6.45) is 4.21. The molecule has 0 saturated carbocycles. The Hall–Kier alpha value is -0.360. The lowest BCUT2D eigenvalue weighted by molar-refractivity contribution is -0.136. The number of hydrogen-bond donors (Lipinski definition) is 0. The Labute approximate surface area is 69.2 Å². The average molecular weight is 172 g/mol. The molecular formula is C8H13O2P. The Morgan fingerprint density at radius 3 is 2.64 bits per heavy atom. The van der Waals surface area contributed by atoms with Crippen LogP contribution in [0.25, 0.3) is 0 Å². The monoisotopic (exact) mass is 172 g/mol. The van der Waals surface area contributed by atoms with E-state index in [0.29, 0.717) is 0 Å². The molecule has 0 saturated heterocycles. The fourth-order valence-electron chi connectivity index (χ4n) is 1.29. The summed E-state index contributed by atoms with van der Waals surface area (Å²) in [5.74, 6) is -0.158. The van der Waals surface area contributed by atoms with Crippen LogP contribution in [0.2, 0.25) is 0 Å². The van der Waals surface area contributed by atoms with Gasteiger partial charge in [-0.05, 0) is 31.0 Å². The Morgan fingerprint density at radius 1 is 1.45 bits per heavy atom. The van der Waals surface area contributed by atoms with Crippen LogP contribution in [0.4, 0.5) is 0 Å². The summed E-state index contributed by atoms with van der Waals surface area (Å²) in [6.45, 7) is 0. The van der Waals surface area contributed by atoms with Crippen molar-refractivity contribution in [1.82, 2.24) is 0 Å². The summed E-state index contributed by atoms with van der Waals surface area (Å²) < 4.78 is 4.65. The van der Waals surface area contributed by atoms with Gasteiger partial charge in [-0.1, -0.05) is 0 Å². The maximum Gasteiger partial charge on any atom is 0.334 e. The van der Waals surface area contributed by atoms with Crippen LogP contribution in [0, 0.1) is 0 Å². The summed E-state index contributed by atoms with van der Waals surface area (Å²) >= 11 is 0. The van der Waals surface area contributed by atoms with Gasteiger partial charge < -0.3 is 4.74 Å². The number of hydrogen-bond acceptors (Lipinski definition) is 2. The molecule has 1 atom stereocenters. The first-order valence-electron chi connectivity index (χ1n) is 3.81. The molecular weight excluding hydrogens is 159 g/mol. The van der Waals surface area contributed by atoms with E-state index in [9.17, 15) is 4.79 Å². The molecule has 0 aromatic rings. The van der Waals surface area contributed by atoms with Crippen molar-refractivity contribution < 1.29 is 9.53 Å². The third kappa shape index (κ3) is 2.03. The zero-order valence-corrected chi connectivity index (χ0v) is 7.88. The molecule has 0 aromatic heterocycles. The smallest absolute Gasteiger partial charge is 0.334 e. The maximum atomic E-state index is 11.1. The molecule has 0 aromatic carbocycles. The van der Waals surface area contributed by atoms with Crippen LogP contribution in [0.15, 0.2) is 10.9 Å². The zero-order valence-electron chi connectivity index (χ0n) is 6.72. The molecule has 0 fully saturated rings. The SMILES string of the molecule is COC(=O)C1=C(P)CCCC1. The second-order valence-electron chi connectivity index (χ2n) is 2.70. The number of ether oxygens (including phenoxy) is 1. The van der Waals surface area contributed by atoms with E-state index in [1.54, 1.807) is 0 Å². The largest absolute Gasteiger partial charge is 0.466 e. The number of rotatable bonds is 1. The minimum Gasteiger partial charge on any atom is -0.466 e. The summed E-state index contributed by atoms with van der Waals surface area (Å²) in [5, 5.41) is 1.13. The van der Waals surface area contributed by atoms with Gasteiger partial charge in [0.1, 0.15) is 0 Å². The van der Waals surface area contributed by atoms with Crippen molar-refractivity contribution in [3.63, 3.8) is 0 Å². The highest BCUT2D eigenvalue weighted by Gasteiger charge is 2.16. The van der Waals surface area contributed by atoms with Gasteiger partial charge in [0.25, 0.3) is 0 Å². The van der Waals surface area contributed by atoms with Gasteiger partial charge in [-0.2, -0.15) is 0 Å². The van der Waals surface area contributed by atoms with Gasteiger partial charge in [-0.25, -0.2) is 4.79 Å². The molecule has 3 heteroatoms. The summed E-state index contributed by atoms with van der Waals surface area (Å²) in [6, 6.07) is 0. The first-order chi connectivity index (χ1) is 5.25. The van der Waals surface area contributed by atoms with Crippen molar-refractivity contribution >= 4 is 15.2 Å². The maximum absolute atomic E-state index is 11.1. The summed E-state index contributed by atoms with van der Waals surface area (Å²) in [7, 11) is 4.05. The average Bonchev–Trinajstić information content (AvgIpc) is 2.04. The van der Waals surface area contributed by atoms with Gasteiger partial charge in [-0.3, -0.25) is 0 Å². The molecule has 0 bridgehead atoms. The lowest BCUT2D eigenvalue weighted by Crippen LogP contribution is -2.09. The standard InChI is InChI=1S/C8H13O2P/c1-10-8(9)6-4-2-3-5-7(6)11/h2-5,11H2,1H3. The van der Waals surface area contributed by atoms with Gasteiger partial charge in [0, 0.05) is 5.57 Å². The predicted molar refractivity (Wildman–Crippen MR) is 47.2 cm³/mol. The quantitative estimate of drug-likeness (QED) is 0.445. The normalized spacial score (nSPS) is 18.4. The van der Waals surface area contributed by atoms with Crippen LogP contribution in [-0.4, -0.2) is 13.1 Å². The summed E-state index contributed by atoms with van der Waals surface area (Å²) in [5.41, 5.74) is 0.865. The minimum absolute atomic E-state index is 0.158. The predicted octanol–water partition coefficient (Wildman–Crippen LogP) is 1.86.